The summed E-state index contributed by atoms with van der Waals surface area (Å²) in [4.78, 5) is 14.4. The van der Waals surface area contributed by atoms with Gasteiger partial charge in [0.1, 0.15) is 0 Å². The van der Waals surface area contributed by atoms with Gasteiger partial charge in [-0.05, 0) is 12.1 Å². The number of benzene rings is 1. The maximum atomic E-state index is 12.3. The molecule has 0 saturated heterocycles. The van der Waals surface area contributed by atoms with Crippen molar-refractivity contribution in [3.63, 3.8) is 0 Å². The SMILES string of the molecule is CC(CN(C)C(=O)c1cnn(-c2ccccc2)c1)C(N)=S. The van der Waals surface area contributed by atoms with Crippen LogP contribution >= 0.6 is 12.2 Å². The molecule has 21 heavy (non-hydrogen) atoms. The van der Waals surface area contributed by atoms with Gasteiger partial charge in [-0.25, -0.2) is 4.68 Å². The second kappa shape index (κ2) is 6.49. The van der Waals surface area contributed by atoms with E-state index in [4.69, 9.17) is 18.0 Å². The number of hydrogen-bond acceptors (Lipinski definition) is 3. The van der Waals surface area contributed by atoms with Crippen molar-refractivity contribution in [3.8, 4) is 5.69 Å². The third kappa shape index (κ3) is 3.66. The van der Waals surface area contributed by atoms with Gasteiger partial charge in [-0.15, -0.1) is 0 Å². The highest BCUT2D eigenvalue weighted by atomic mass is 32.1. The van der Waals surface area contributed by atoms with Crippen LogP contribution in [0, 0.1) is 5.92 Å². The van der Waals surface area contributed by atoms with Crippen LogP contribution in [0.25, 0.3) is 5.69 Å². The third-order valence-corrected chi connectivity index (χ3v) is 3.63. The molecule has 0 radical (unpaired) electrons. The minimum atomic E-state index is -0.0970. The average molecular weight is 302 g/mol. The fourth-order valence-electron chi connectivity index (χ4n) is 1.96. The van der Waals surface area contributed by atoms with Gasteiger partial charge >= 0.3 is 0 Å². The number of amides is 1. The number of nitrogens with zero attached hydrogens (tertiary/aromatic N) is 3. The van der Waals surface area contributed by atoms with Crippen LogP contribution in [-0.4, -0.2) is 39.2 Å². The van der Waals surface area contributed by atoms with Gasteiger partial charge in [0.25, 0.3) is 5.91 Å². The smallest absolute Gasteiger partial charge is 0.256 e. The van der Waals surface area contributed by atoms with Crippen molar-refractivity contribution in [2.45, 2.75) is 6.92 Å². The number of para-hydroxylation sites is 1. The first-order valence-corrected chi connectivity index (χ1v) is 7.04. The molecule has 1 heterocycles. The summed E-state index contributed by atoms with van der Waals surface area (Å²) in [5, 5.41) is 4.22. The van der Waals surface area contributed by atoms with Crippen LogP contribution in [0.3, 0.4) is 0 Å². The lowest BCUT2D eigenvalue weighted by molar-refractivity contribution is 0.0787. The quantitative estimate of drug-likeness (QED) is 0.856. The Morgan fingerprint density at radius 2 is 2.10 bits per heavy atom. The van der Waals surface area contributed by atoms with Gasteiger partial charge in [-0.3, -0.25) is 4.79 Å². The summed E-state index contributed by atoms with van der Waals surface area (Å²) in [7, 11) is 1.73. The molecule has 0 aliphatic rings. The maximum Gasteiger partial charge on any atom is 0.256 e. The van der Waals surface area contributed by atoms with E-state index >= 15 is 0 Å². The predicted octanol–water partition coefficient (Wildman–Crippen LogP) is 1.87. The molecule has 0 saturated carbocycles. The lowest BCUT2D eigenvalue weighted by Gasteiger charge is -2.20. The molecule has 110 valence electrons. The van der Waals surface area contributed by atoms with E-state index in [1.165, 1.54) is 0 Å². The van der Waals surface area contributed by atoms with Gasteiger partial charge in [0, 0.05) is 25.7 Å². The number of rotatable bonds is 5. The van der Waals surface area contributed by atoms with E-state index in [1.807, 2.05) is 37.3 Å². The number of nitrogens with two attached hydrogens (primary N) is 1. The van der Waals surface area contributed by atoms with Gasteiger partial charge in [0.2, 0.25) is 0 Å². The van der Waals surface area contributed by atoms with Crippen molar-refractivity contribution in [3.05, 3.63) is 48.3 Å². The summed E-state index contributed by atoms with van der Waals surface area (Å²) < 4.78 is 1.68. The van der Waals surface area contributed by atoms with Crippen molar-refractivity contribution < 1.29 is 4.79 Å². The fraction of sp³-hybridized carbons (Fsp3) is 0.267. The fourth-order valence-corrected chi connectivity index (χ4v) is 2.03. The first kappa shape index (κ1) is 15.2. The largest absolute Gasteiger partial charge is 0.393 e. The zero-order valence-corrected chi connectivity index (χ0v) is 12.9. The number of hydrogen-bond donors (Lipinski definition) is 1. The summed E-state index contributed by atoms with van der Waals surface area (Å²) >= 11 is 4.93. The molecule has 2 rings (SSSR count). The van der Waals surface area contributed by atoms with Crippen molar-refractivity contribution in [2.24, 2.45) is 11.7 Å². The molecule has 0 aliphatic carbocycles. The Bertz CT molecular complexity index is 638. The van der Waals surface area contributed by atoms with Crippen molar-refractivity contribution >= 4 is 23.1 Å². The van der Waals surface area contributed by atoms with Crippen molar-refractivity contribution in [1.82, 2.24) is 14.7 Å². The van der Waals surface area contributed by atoms with E-state index in [0.717, 1.165) is 5.69 Å². The summed E-state index contributed by atoms with van der Waals surface area (Å²) in [5.41, 5.74) is 7.03. The molecule has 1 unspecified atom stereocenters. The standard InChI is InChI=1S/C15H18N4OS/c1-11(14(16)21)9-18(2)15(20)12-8-17-19(10-12)13-6-4-3-5-7-13/h3-8,10-11H,9H2,1-2H3,(H2,16,21). The van der Waals surface area contributed by atoms with Gasteiger partial charge in [-0.2, -0.15) is 5.10 Å². The van der Waals surface area contributed by atoms with Crippen LogP contribution in [0.2, 0.25) is 0 Å². The Morgan fingerprint density at radius 3 is 2.71 bits per heavy atom. The predicted molar refractivity (Wildman–Crippen MR) is 86.5 cm³/mol. The van der Waals surface area contributed by atoms with E-state index in [2.05, 4.69) is 5.10 Å². The molecule has 1 aromatic carbocycles. The van der Waals surface area contributed by atoms with Crippen LogP contribution < -0.4 is 5.73 Å². The molecule has 0 spiro atoms. The Hall–Kier alpha value is -2.21. The highest BCUT2D eigenvalue weighted by Gasteiger charge is 2.17. The summed E-state index contributed by atoms with van der Waals surface area (Å²) in [5.74, 6) is -0.113. The van der Waals surface area contributed by atoms with Crippen LogP contribution in [0.1, 0.15) is 17.3 Å². The normalized spacial score (nSPS) is 11.9. The molecule has 1 amide bonds. The first-order chi connectivity index (χ1) is 9.99. The maximum absolute atomic E-state index is 12.3. The minimum absolute atomic E-state index is 0.0156. The molecular weight excluding hydrogens is 284 g/mol. The molecule has 5 nitrogen and oxygen atoms in total. The number of carbonyl (C=O) groups excluding carboxylic acids is 1. The van der Waals surface area contributed by atoms with Crippen LogP contribution in [-0.2, 0) is 0 Å². The van der Waals surface area contributed by atoms with E-state index < -0.39 is 0 Å². The van der Waals surface area contributed by atoms with E-state index in [1.54, 1.807) is 29.0 Å². The van der Waals surface area contributed by atoms with Crippen LogP contribution in [0.5, 0.6) is 0 Å². The van der Waals surface area contributed by atoms with Gasteiger partial charge < -0.3 is 10.6 Å². The lowest BCUT2D eigenvalue weighted by Crippen LogP contribution is -2.35. The van der Waals surface area contributed by atoms with Gasteiger partial charge in [-0.1, -0.05) is 37.3 Å². The molecular formula is C15H18N4OS. The van der Waals surface area contributed by atoms with Gasteiger partial charge in [0.15, 0.2) is 0 Å². The number of carbonyl (C=O) groups is 1. The van der Waals surface area contributed by atoms with E-state index in [0.29, 0.717) is 17.1 Å². The van der Waals surface area contributed by atoms with Crippen LogP contribution in [0.4, 0.5) is 0 Å². The van der Waals surface area contributed by atoms with E-state index in [9.17, 15) is 4.79 Å². The van der Waals surface area contributed by atoms with Crippen molar-refractivity contribution in [2.75, 3.05) is 13.6 Å². The number of aromatic nitrogens is 2. The molecule has 0 bridgehead atoms. The highest BCUT2D eigenvalue weighted by Crippen LogP contribution is 2.10. The van der Waals surface area contributed by atoms with Crippen LogP contribution in [0.15, 0.2) is 42.7 Å². The van der Waals surface area contributed by atoms with Gasteiger partial charge in [0.05, 0.1) is 22.4 Å². The van der Waals surface area contributed by atoms with Crippen molar-refractivity contribution in [1.29, 1.82) is 0 Å². The summed E-state index contributed by atoms with van der Waals surface area (Å²) in [6, 6.07) is 9.65. The first-order valence-electron chi connectivity index (χ1n) is 6.64. The minimum Gasteiger partial charge on any atom is -0.393 e. The second-order valence-electron chi connectivity index (χ2n) is 5.00. The Morgan fingerprint density at radius 1 is 1.43 bits per heavy atom. The molecule has 1 atom stereocenters. The zero-order chi connectivity index (χ0) is 15.4. The highest BCUT2D eigenvalue weighted by molar-refractivity contribution is 7.80. The third-order valence-electron chi connectivity index (χ3n) is 3.23. The topological polar surface area (TPSA) is 64.2 Å². The molecule has 6 heteroatoms. The lowest BCUT2D eigenvalue weighted by atomic mass is 10.1. The summed E-state index contributed by atoms with van der Waals surface area (Å²) in [6.07, 6.45) is 3.29. The average Bonchev–Trinajstić information content (AvgIpc) is 2.96. The molecule has 2 aromatic rings. The monoisotopic (exact) mass is 302 g/mol. The molecule has 2 N–H and O–H groups in total. The Balaban J connectivity index is 2.10. The Kier molecular flexibility index (Phi) is 4.70. The molecule has 0 fully saturated rings. The molecule has 1 aromatic heterocycles. The zero-order valence-electron chi connectivity index (χ0n) is 12.1. The Labute approximate surface area is 129 Å². The van der Waals surface area contributed by atoms with E-state index in [-0.39, 0.29) is 11.8 Å². The second-order valence-corrected chi connectivity index (χ2v) is 5.47. The summed E-state index contributed by atoms with van der Waals surface area (Å²) in [6.45, 7) is 2.39. The number of thiocarbonyl (C=S) groups is 1. The molecule has 0 aliphatic heterocycles.